The first-order valence-corrected chi connectivity index (χ1v) is 8.31. The highest BCUT2D eigenvalue weighted by molar-refractivity contribution is 6.24. The number of benzene rings is 2. The molecule has 1 aliphatic heterocycles. The molecule has 7 heteroatoms. The second-order valence-electron chi connectivity index (χ2n) is 5.38. The van der Waals surface area contributed by atoms with Gasteiger partial charge in [-0.05, 0) is 62.4 Å². The molecule has 3 rings (SSSR count). The van der Waals surface area contributed by atoms with Gasteiger partial charge in [-0.3, -0.25) is 4.79 Å². The minimum Gasteiger partial charge on any atom is -0.494 e. The van der Waals surface area contributed by atoms with Gasteiger partial charge in [-0.15, -0.1) is 12.4 Å². The Labute approximate surface area is 159 Å². The van der Waals surface area contributed by atoms with Crippen molar-refractivity contribution in [2.75, 3.05) is 30.0 Å². The van der Waals surface area contributed by atoms with E-state index in [9.17, 15) is 4.79 Å². The number of carbonyl (C=O) groups excluding carboxylic acids is 1. The van der Waals surface area contributed by atoms with Crippen LogP contribution in [0.5, 0.6) is 11.5 Å². The molecule has 0 aliphatic carbocycles. The number of anilines is 2. The standard InChI is InChI=1S/C19H21N3O3.ClH/c1-3-24-16-9-5-14(6-10-16)21-19-20-13-18(23)22(19)15-7-11-17(12-8-15)25-4-2;/h5-12H,3-4,13H2,1-2H3,(H,20,21);1H. The number of carbonyl (C=O) groups is 1. The van der Waals surface area contributed by atoms with Crippen molar-refractivity contribution in [3.63, 3.8) is 0 Å². The van der Waals surface area contributed by atoms with Crippen LogP contribution in [0.3, 0.4) is 0 Å². The average Bonchev–Trinajstić information content (AvgIpc) is 2.98. The van der Waals surface area contributed by atoms with Crippen molar-refractivity contribution in [1.29, 1.82) is 0 Å². The summed E-state index contributed by atoms with van der Waals surface area (Å²) in [6.45, 7) is 5.24. The molecule has 0 radical (unpaired) electrons. The lowest BCUT2D eigenvalue weighted by Gasteiger charge is -2.20. The van der Waals surface area contributed by atoms with Gasteiger partial charge in [0.05, 0.1) is 18.9 Å². The zero-order valence-corrected chi connectivity index (χ0v) is 15.6. The number of aliphatic imine (C=N–C) groups is 1. The van der Waals surface area contributed by atoms with E-state index >= 15 is 0 Å². The molecule has 0 saturated heterocycles. The Hall–Kier alpha value is -2.73. The molecule has 2 aromatic carbocycles. The van der Waals surface area contributed by atoms with Gasteiger partial charge < -0.3 is 14.8 Å². The monoisotopic (exact) mass is 375 g/mol. The van der Waals surface area contributed by atoms with Crippen LogP contribution in [0.25, 0.3) is 0 Å². The molecule has 26 heavy (non-hydrogen) atoms. The third-order valence-electron chi connectivity index (χ3n) is 3.65. The lowest BCUT2D eigenvalue weighted by molar-refractivity contribution is -0.115. The summed E-state index contributed by atoms with van der Waals surface area (Å²) in [5, 5.41) is 3.20. The van der Waals surface area contributed by atoms with Crippen molar-refractivity contribution >= 4 is 35.6 Å². The van der Waals surface area contributed by atoms with E-state index < -0.39 is 0 Å². The Bertz CT molecular complexity index is 761. The fourth-order valence-electron chi connectivity index (χ4n) is 2.55. The van der Waals surface area contributed by atoms with Crippen LogP contribution in [0, 0.1) is 0 Å². The lowest BCUT2D eigenvalue weighted by atomic mass is 10.2. The van der Waals surface area contributed by atoms with E-state index in [0.717, 1.165) is 22.9 Å². The zero-order valence-electron chi connectivity index (χ0n) is 14.8. The number of rotatable bonds is 6. The van der Waals surface area contributed by atoms with Gasteiger partial charge >= 0.3 is 0 Å². The first-order valence-electron chi connectivity index (χ1n) is 8.31. The number of halogens is 1. The summed E-state index contributed by atoms with van der Waals surface area (Å²) in [6, 6.07) is 14.9. The summed E-state index contributed by atoms with van der Waals surface area (Å²) in [5.74, 6) is 2.02. The first kappa shape index (κ1) is 19.6. The zero-order chi connectivity index (χ0) is 17.6. The normalized spacial score (nSPS) is 13.1. The van der Waals surface area contributed by atoms with Crippen LogP contribution in [0.2, 0.25) is 0 Å². The Morgan fingerprint density at radius 3 is 2.04 bits per heavy atom. The molecule has 1 amide bonds. The summed E-state index contributed by atoms with van der Waals surface area (Å²) in [6.07, 6.45) is 0. The molecule has 2 aromatic rings. The predicted molar refractivity (Wildman–Crippen MR) is 106 cm³/mol. The molecule has 0 saturated carbocycles. The summed E-state index contributed by atoms with van der Waals surface area (Å²) in [7, 11) is 0. The minimum atomic E-state index is -0.0717. The summed E-state index contributed by atoms with van der Waals surface area (Å²) in [5.41, 5.74) is 1.59. The molecular weight excluding hydrogens is 354 g/mol. The number of ether oxygens (including phenoxy) is 2. The molecule has 0 atom stereocenters. The number of hydrogen-bond donors (Lipinski definition) is 1. The number of hydrogen-bond acceptors (Lipinski definition) is 5. The van der Waals surface area contributed by atoms with Crippen LogP contribution in [-0.2, 0) is 4.79 Å². The van der Waals surface area contributed by atoms with Crippen molar-refractivity contribution in [1.82, 2.24) is 0 Å². The second kappa shape index (κ2) is 9.10. The SMILES string of the molecule is CCOc1ccc(NC2=NCC(=O)N2c2ccc(OCC)cc2)cc1.Cl. The maximum atomic E-state index is 12.2. The van der Waals surface area contributed by atoms with E-state index in [2.05, 4.69) is 10.3 Å². The average molecular weight is 376 g/mol. The van der Waals surface area contributed by atoms with E-state index in [1.165, 1.54) is 0 Å². The third kappa shape index (κ3) is 4.46. The molecule has 138 valence electrons. The van der Waals surface area contributed by atoms with Crippen LogP contribution in [0.1, 0.15) is 13.8 Å². The van der Waals surface area contributed by atoms with Crippen molar-refractivity contribution in [3.8, 4) is 11.5 Å². The maximum Gasteiger partial charge on any atom is 0.255 e. The molecule has 1 N–H and O–H groups in total. The van der Waals surface area contributed by atoms with Gasteiger partial charge in [0, 0.05) is 5.69 Å². The highest BCUT2D eigenvalue weighted by Gasteiger charge is 2.27. The summed E-state index contributed by atoms with van der Waals surface area (Å²) >= 11 is 0. The van der Waals surface area contributed by atoms with E-state index in [1.54, 1.807) is 4.90 Å². The lowest BCUT2D eigenvalue weighted by Crippen LogP contribution is -2.36. The molecule has 0 fully saturated rings. The van der Waals surface area contributed by atoms with Crippen LogP contribution in [0.15, 0.2) is 53.5 Å². The van der Waals surface area contributed by atoms with Gasteiger partial charge in [-0.1, -0.05) is 0 Å². The van der Waals surface area contributed by atoms with Crippen LogP contribution >= 0.6 is 12.4 Å². The van der Waals surface area contributed by atoms with E-state index in [1.807, 2.05) is 62.4 Å². The fraction of sp³-hybridized carbons (Fsp3) is 0.263. The topological polar surface area (TPSA) is 63.2 Å². The van der Waals surface area contributed by atoms with Gasteiger partial charge in [0.2, 0.25) is 5.96 Å². The van der Waals surface area contributed by atoms with E-state index in [0.29, 0.717) is 19.2 Å². The minimum absolute atomic E-state index is 0. The van der Waals surface area contributed by atoms with Gasteiger partial charge in [-0.2, -0.15) is 0 Å². The predicted octanol–water partition coefficient (Wildman–Crippen LogP) is 3.72. The highest BCUT2D eigenvalue weighted by Crippen LogP contribution is 2.24. The molecular formula is C19H22ClN3O3. The molecule has 0 aromatic heterocycles. The number of guanidine groups is 1. The molecule has 0 unspecified atom stereocenters. The molecule has 6 nitrogen and oxygen atoms in total. The van der Waals surface area contributed by atoms with Gasteiger partial charge in [0.15, 0.2) is 0 Å². The van der Waals surface area contributed by atoms with Crippen LogP contribution in [0.4, 0.5) is 11.4 Å². The summed E-state index contributed by atoms with van der Waals surface area (Å²) in [4.78, 5) is 18.1. The Kier molecular flexibility index (Phi) is 6.86. The Balaban J connectivity index is 0.00000243. The fourth-order valence-corrected chi connectivity index (χ4v) is 2.55. The van der Waals surface area contributed by atoms with Crippen molar-refractivity contribution in [3.05, 3.63) is 48.5 Å². The maximum absolute atomic E-state index is 12.2. The molecule has 0 bridgehead atoms. The number of nitrogens with one attached hydrogen (secondary N) is 1. The van der Waals surface area contributed by atoms with Crippen molar-refractivity contribution < 1.29 is 14.3 Å². The first-order chi connectivity index (χ1) is 12.2. The van der Waals surface area contributed by atoms with E-state index in [-0.39, 0.29) is 24.9 Å². The summed E-state index contributed by atoms with van der Waals surface area (Å²) < 4.78 is 10.9. The van der Waals surface area contributed by atoms with Gasteiger partial charge in [-0.25, -0.2) is 9.89 Å². The largest absolute Gasteiger partial charge is 0.494 e. The van der Waals surface area contributed by atoms with E-state index in [4.69, 9.17) is 9.47 Å². The smallest absolute Gasteiger partial charge is 0.255 e. The second-order valence-corrected chi connectivity index (χ2v) is 5.38. The molecule has 0 spiro atoms. The van der Waals surface area contributed by atoms with Crippen molar-refractivity contribution in [2.24, 2.45) is 4.99 Å². The van der Waals surface area contributed by atoms with Gasteiger partial charge in [0.25, 0.3) is 5.91 Å². The molecule has 1 aliphatic rings. The Morgan fingerprint density at radius 1 is 0.962 bits per heavy atom. The third-order valence-corrected chi connectivity index (χ3v) is 3.65. The van der Waals surface area contributed by atoms with Gasteiger partial charge in [0.1, 0.15) is 18.0 Å². The Morgan fingerprint density at radius 2 is 1.50 bits per heavy atom. The van der Waals surface area contributed by atoms with Crippen LogP contribution < -0.4 is 19.7 Å². The van der Waals surface area contributed by atoms with Crippen molar-refractivity contribution in [2.45, 2.75) is 13.8 Å². The highest BCUT2D eigenvalue weighted by atomic mass is 35.5. The number of nitrogens with zero attached hydrogens (tertiary/aromatic N) is 2. The number of amides is 1. The quantitative estimate of drug-likeness (QED) is 0.835. The molecule has 1 heterocycles. The van der Waals surface area contributed by atoms with Crippen LogP contribution in [-0.4, -0.2) is 31.6 Å².